The predicted octanol–water partition coefficient (Wildman–Crippen LogP) is 4.43. The summed E-state index contributed by atoms with van der Waals surface area (Å²) in [6, 6.07) is 13.0. The zero-order valence-corrected chi connectivity index (χ0v) is 14.7. The summed E-state index contributed by atoms with van der Waals surface area (Å²) < 4.78 is 17.1. The van der Waals surface area contributed by atoms with E-state index in [2.05, 4.69) is 20.9 Å². The van der Waals surface area contributed by atoms with Crippen LogP contribution in [-0.4, -0.2) is 11.0 Å². The van der Waals surface area contributed by atoms with E-state index < -0.39 is 11.4 Å². The largest absolute Gasteiger partial charge is 0.449 e. The molecule has 26 heavy (non-hydrogen) atoms. The van der Waals surface area contributed by atoms with Crippen LogP contribution in [0.1, 0.15) is 10.4 Å². The fraction of sp³-hybridized carbons (Fsp3) is 0. The standard InChI is InChI=1S/C19H10BrNO5/c20-15-6-5-14(24-15)17-18(26-19(23)11-7-9-21-10-8-11)16(22)12-3-1-2-4-13(12)25-17/h1-10H. The second-order valence-electron chi connectivity index (χ2n) is 5.31. The molecular formula is C19H10BrNO5. The molecule has 0 N–H and O–H groups in total. The number of aromatic nitrogens is 1. The van der Waals surface area contributed by atoms with E-state index in [9.17, 15) is 9.59 Å². The van der Waals surface area contributed by atoms with Crippen LogP contribution in [0.3, 0.4) is 0 Å². The van der Waals surface area contributed by atoms with Crippen LogP contribution in [0.4, 0.5) is 0 Å². The maximum absolute atomic E-state index is 12.9. The fourth-order valence-corrected chi connectivity index (χ4v) is 2.76. The molecule has 0 atom stereocenters. The molecule has 0 aliphatic rings. The van der Waals surface area contributed by atoms with E-state index in [4.69, 9.17) is 13.6 Å². The molecule has 3 heterocycles. The highest BCUT2D eigenvalue weighted by molar-refractivity contribution is 9.10. The maximum atomic E-state index is 12.9. The van der Waals surface area contributed by atoms with Gasteiger partial charge < -0.3 is 13.6 Å². The summed E-state index contributed by atoms with van der Waals surface area (Å²) in [5, 5.41) is 0.305. The molecule has 4 aromatic rings. The van der Waals surface area contributed by atoms with Crippen molar-refractivity contribution >= 4 is 32.9 Å². The molecule has 7 heteroatoms. The lowest BCUT2D eigenvalue weighted by Gasteiger charge is -2.08. The number of nitrogens with zero attached hydrogens (tertiary/aromatic N) is 1. The van der Waals surface area contributed by atoms with Crippen LogP contribution in [0.2, 0.25) is 0 Å². The Kier molecular flexibility index (Phi) is 4.14. The van der Waals surface area contributed by atoms with E-state index >= 15 is 0 Å². The molecule has 6 nitrogen and oxygen atoms in total. The van der Waals surface area contributed by atoms with Crippen molar-refractivity contribution < 1.29 is 18.4 Å². The Morgan fingerprint density at radius 3 is 2.50 bits per heavy atom. The molecule has 1 aromatic carbocycles. The minimum Gasteiger partial charge on any atom is -0.449 e. The van der Waals surface area contributed by atoms with E-state index in [-0.39, 0.29) is 22.8 Å². The van der Waals surface area contributed by atoms with Gasteiger partial charge in [-0.15, -0.1) is 0 Å². The van der Waals surface area contributed by atoms with Crippen LogP contribution in [0, 0.1) is 0 Å². The van der Waals surface area contributed by atoms with Gasteiger partial charge in [0.2, 0.25) is 16.9 Å². The summed E-state index contributed by atoms with van der Waals surface area (Å²) in [6.07, 6.45) is 2.92. The number of ether oxygens (including phenoxy) is 1. The van der Waals surface area contributed by atoms with Crippen molar-refractivity contribution in [3.63, 3.8) is 0 Å². The van der Waals surface area contributed by atoms with Crippen molar-refractivity contribution in [1.29, 1.82) is 0 Å². The number of carbonyl (C=O) groups is 1. The molecule has 0 aliphatic heterocycles. The number of benzene rings is 1. The molecule has 0 bridgehead atoms. The lowest BCUT2D eigenvalue weighted by molar-refractivity contribution is 0.0731. The van der Waals surface area contributed by atoms with Gasteiger partial charge in [-0.2, -0.15) is 0 Å². The number of esters is 1. The molecular weight excluding hydrogens is 402 g/mol. The third-order valence-corrected chi connectivity index (χ3v) is 4.09. The summed E-state index contributed by atoms with van der Waals surface area (Å²) in [6.45, 7) is 0. The monoisotopic (exact) mass is 411 g/mol. The Bertz CT molecular complexity index is 1160. The number of hydrogen-bond acceptors (Lipinski definition) is 6. The first-order valence-electron chi connectivity index (χ1n) is 7.57. The Morgan fingerprint density at radius 2 is 1.77 bits per heavy atom. The second-order valence-corrected chi connectivity index (χ2v) is 6.10. The van der Waals surface area contributed by atoms with Crippen LogP contribution in [-0.2, 0) is 0 Å². The molecule has 0 aliphatic carbocycles. The van der Waals surface area contributed by atoms with Crippen LogP contribution >= 0.6 is 15.9 Å². The number of pyridine rings is 1. The lowest BCUT2D eigenvalue weighted by Crippen LogP contribution is -2.16. The lowest BCUT2D eigenvalue weighted by atomic mass is 10.2. The van der Waals surface area contributed by atoms with Crippen molar-refractivity contribution in [2.75, 3.05) is 0 Å². The minimum absolute atomic E-state index is 0.0433. The summed E-state index contributed by atoms with van der Waals surface area (Å²) >= 11 is 3.21. The molecule has 0 saturated carbocycles. The van der Waals surface area contributed by atoms with E-state index in [0.29, 0.717) is 15.6 Å². The van der Waals surface area contributed by atoms with Crippen molar-refractivity contribution in [2.24, 2.45) is 0 Å². The second kappa shape index (κ2) is 6.61. The van der Waals surface area contributed by atoms with Crippen molar-refractivity contribution in [3.05, 3.63) is 81.4 Å². The highest BCUT2D eigenvalue weighted by Gasteiger charge is 2.23. The number of halogens is 1. The van der Waals surface area contributed by atoms with Gasteiger partial charge in [0.1, 0.15) is 5.58 Å². The molecule has 0 unspecified atom stereocenters. The van der Waals surface area contributed by atoms with Gasteiger partial charge in [0.05, 0.1) is 10.9 Å². The molecule has 0 amide bonds. The maximum Gasteiger partial charge on any atom is 0.343 e. The number of carbonyl (C=O) groups excluding carboxylic acids is 1. The highest BCUT2D eigenvalue weighted by Crippen LogP contribution is 2.33. The van der Waals surface area contributed by atoms with Gasteiger partial charge in [-0.3, -0.25) is 9.78 Å². The van der Waals surface area contributed by atoms with Gasteiger partial charge in [-0.1, -0.05) is 12.1 Å². The van der Waals surface area contributed by atoms with E-state index in [1.807, 2.05) is 0 Å². The first-order chi connectivity index (χ1) is 12.6. The van der Waals surface area contributed by atoms with Crippen LogP contribution < -0.4 is 10.2 Å². The topological polar surface area (TPSA) is 82.5 Å². The van der Waals surface area contributed by atoms with Gasteiger partial charge in [-0.25, -0.2) is 4.79 Å². The Morgan fingerprint density at radius 1 is 1.00 bits per heavy atom. The third-order valence-electron chi connectivity index (χ3n) is 3.66. The van der Waals surface area contributed by atoms with E-state index in [1.165, 1.54) is 24.5 Å². The third kappa shape index (κ3) is 2.93. The number of hydrogen-bond donors (Lipinski definition) is 0. The number of furan rings is 1. The molecule has 0 radical (unpaired) electrons. The Balaban J connectivity index is 1.90. The first-order valence-corrected chi connectivity index (χ1v) is 8.36. The number of para-hydroxylation sites is 1. The fourth-order valence-electron chi connectivity index (χ4n) is 2.46. The quantitative estimate of drug-likeness (QED) is 0.463. The van der Waals surface area contributed by atoms with Crippen LogP contribution in [0.5, 0.6) is 5.75 Å². The van der Waals surface area contributed by atoms with Crippen LogP contribution in [0.15, 0.2) is 79.2 Å². The highest BCUT2D eigenvalue weighted by atomic mass is 79.9. The first kappa shape index (κ1) is 16.3. The normalized spacial score (nSPS) is 10.8. The average Bonchev–Trinajstić information content (AvgIpc) is 3.10. The summed E-state index contributed by atoms with van der Waals surface area (Å²) in [4.78, 5) is 29.2. The van der Waals surface area contributed by atoms with Gasteiger partial charge in [0.25, 0.3) is 0 Å². The van der Waals surface area contributed by atoms with Crippen molar-refractivity contribution in [1.82, 2.24) is 4.98 Å². The summed E-state index contributed by atoms with van der Waals surface area (Å²) in [5.74, 6) is -0.617. The Hall–Kier alpha value is -3.19. The van der Waals surface area contributed by atoms with Gasteiger partial charge >= 0.3 is 5.97 Å². The minimum atomic E-state index is -0.693. The van der Waals surface area contributed by atoms with Crippen LogP contribution in [0.25, 0.3) is 22.5 Å². The molecule has 4 rings (SSSR count). The SMILES string of the molecule is O=C(Oc1c(-c2ccc(Br)o2)oc2ccccc2c1=O)c1ccncc1. The van der Waals surface area contributed by atoms with Gasteiger partial charge in [0.15, 0.2) is 10.4 Å². The summed E-state index contributed by atoms with van der Waals surface area (Å²) in [5.41, 5.74) is 0.166. The van der Waals surface area contributed by atoms with Crippen molar-refractivity contribution in [3.8, 4) is 17.3 Å². The molecule has 128 valence electrons. The van der Waals surface area contributed by atoms with Crippen molar-refractivity contribution in [2.45, 2.75) is 0 Å². The molecule has 0 fully saturated rings. The number of fused-ring (bicyclic) bond motifs is 1. The summed E-state index contributed by atoms with van der Waals surface area (Å²) in [7, 11) is 0. The van der Waals surface area contributed by atoms with Gasteiger partial charge in [0, 0.05) is 12.4 Å². The Labute approximate surface area is 155 Å². The molecule has 3 aromatic heterocycles. The molecule has 0 spiro atoms. The zero-order valence-electron chi connectivity index (χ0n) is 13.1. The number of rotatable bonds is 3. The molecule has 0 saturated heterocycles. The zero-order chi connectivity index (χ0) is 18.1. The van der Waals surface area contributed by atoms with E-state index in [1.54, 1.807) is 36.4 Å². The van der Waals surface area contributed by atoms with Gasteiger partial charge in [-0.05, 0) is 52.3 Å². The smallest absolute Gasteiger partial charge is 0.343 e. The van der Waals surface area contributed by atoms with E-state index in [0.717, 1.165) is 0 Å². The predicted molar refractivity (Wildman–Crippen MR) is 97.1 cm³/mol. The average molecular weight is 412 g/mol.